The molecular weight excluding hydrogens is 196 g/mol. The summed E-state index contributed by atoms with van der Waals surface area (Å²) in [6.07, 6.45) is 0.831. The number of rotatable bonds is 1. The van der Waals surface area contributed by atoms with Gasteiger partial charge in [-0.1, -0.05) is 0 Å². The van der Waals surface area contributed by atoms with Gasteiger partial charge in [-0.3, -0.25) is 10.1 Å². The van der Waals surface area contributed by atoms with E-state index in [1.165, 1.54) is 12.1 Å². The maximum Gasteiger partial charge on any atom is 0.311 e. The molecule has 0 aliphatic carbocycles. The molecule has 0 unspecified atom stereocenters. The average Bonchev–Trinajstić information content (AvgIpc) is 2.17. The molecule has 0 bridgehead atoms. The summed E-state index contributed by atoms with van der Waals surface area (Å²) >= 11 is 0. The van der Waals surface area contributed by atoms with E-state index in [2.05, 4.69) is 4.90 Å². The van der Waals surface area contributed by atoms with E-state index in [0.29, 0.717) is 6.54 Å². The van der Waals surface area contributed by atoms with Crippen molar-refractivity contribution in [3.63, 3.8) is 0 Å². The SMILES string of the molecule is CN1CCc2cc(O)c([N+](=O)[O-])cc2C1. The van der Waals surface area contributed by atoms with Gasteiger partial charge in [0.15, 0.2) is 5.75 Å². The lowest BCUT2D eigenvalue weighted by atomic mass is 9.99. The standard InChI is InChI=1S/C10H12N2O3/c1-11-3-2-7-5-10(13)9(12(14)15)4-8(7)6-11/h4-5,13H,2-3,6H2,1H3. The highest BCUT2D eigenvalue weighted by Crippen LogP contribution is 2.31. The molecule has 80 valence electrons. The van der Waals surface area contributed by atoms with Crippen molar-refractivity contribution < 1.29 is 10.0 Å². The van der Waals surface area contributed by atoms with Crippen LogP contribution in [0.1, 0.15) is 11.1 Å². The fraction of sp³-hybridized carbons (Fsp3) is 0.400. The molecule has 0 radical (unpaired) electrons. The topological polar surface area (TPSA) is 66.6 Å². The van der Waals surface area contributed by atoms with Gasteiger partial charge >= 0.3 is 5.69 Å². The molecular formula is C10H12N2O3. The minimum atomic E-state index is -0.551. The molecule has 0 atom stereocenters. The molecule has 1 aromatic rings. The van der Waals surface area contributed by atoms with Gasteiger partial charge in [0, 0.05) is 19.2 Å². The van der Waals surface area contributed by atoms with Crippen LogP contribution in [0.2, 0.25) is 0 Å². The van der Waals surface area contributed by atoms with Gasteiger partial charge < -0.3 is 10.0 Å². The van der Waals surface area contributed by atoms with Crippen LogP contribution in [0.25, 0.3) is 0 Å². The lowest BCUT2D eigenvalue weighted by molar-refractivity contribution is -0.386. The van der Waals surface area contributed by atoms with Crippen molar-refractivity contribution in [1.82, 2.24) is 4.90 Å². The fourth-order valence-corrected chi connectivity index (χ4v) is 1.87. The zero-order chi connectivity index (χ0) is 11.0. The van der Waals surface area contributed by atoms with Crippen LogP contribution < -0.4 is 0 Å². The van der Waals surface area contributed by atoms with E-state index in [1.54, 1.807) is 0 Å². The van der Waals surface area contributed by atoms with E-state index in [1.807, 2.05) is 7.05 Å². The molecule has 5 heteroatoms. The quantitative estimate of drug-likeness (QED) is 0.557. The molecule has 5 nitrogen and oxygen atoms in total. The van der Waals surface area contributed by atoms with Crippen LogP contribution in [-0.4, -0.2) is 28.5 Å². The van der Waals surface area contributed by atoms with E-state index in [4.69, 9.17) is 0 Å². The summed E-state index contributed by atoms with van der Waals surface area (Å²) in [4.78, 5) is 12.2. The number of aromatic hydroxyl groups is 1. The number of nitro benzene ring substituents is 1. The number of nitro groups is 1. The summed E-state index contributed by atoms with van der Waals surface area (Å²) in [6.45, 7) is 1.63. The summed E-state index contributed by atoms with van der Waals surface area (Å²) in [5.74, 6) is -0.233. The molecule has 0 aromatic heterocycles. The number of phenols is 1. The van der Waals surface area contributed by atoms with Gasteiger partial charge in [0.25, 0.3) is 0 Å². The molecule has 0 amide bonds. The molecule has 1 aromatic carbocycles. The lowest BCUT2D eigenvalue weighted by Crippen LogP contribution is -2.26. The van der Waals surface area contributed by atoms with E-state index in [-0.39, 0.29) is 11.4 Å². The Morgan fingerprint density at radius 1 is 1.47 bits per heavy atom. The van der Waals surface area contributed by atoms with Crippen LogP contribution in [0.5, 0.6) is 5.75 Å². The van der Waals surface area contributed by atoms with Gasteiger partial charge in [-0.05, 0) is 30.7 Å². The van der Waals surface area contributed by atoms with Gasteiger partial charge in [0.2, 0.25) is 0 Å². The van der Waals surface area contributed by atoms with Gasteiger partial charge in [0.05, 0.1) is 4.92 Å². The van der Waals surface area contributed by atoms with Crippen molar-refractivity contribution in [3.8, 4) is 5.75 Å². The van der Waals surface area contributed by atoms with E-state index in [9.17, 15) is 15.2 Å². The first-order valence-corrected chi connectivity index (χ1v) is 4.75. The summed E-state index contributed by atoms with van der Waals surface area (Å²) in [6, 6.07) is 2.99. The zero-order valence-electron chi connectivity index (χ0n) is 8.43. The zero-order valence-corrected chi connectivity index (χ0v) is 8.43. The third-order valence-corrected chi connectivity index (χ3v) is 2.70. The second kappa shape index (κ2) is 3.51. The van der Waals surface area contributed by atoms with Gasteiger partial charge in [-0.2, -0.15) is 0 Å². The smallest absolute Gasteiger partial charge is 0.311 e. The van der Waals surface area contributed by atoms with Crippen molar-refractivity contribution >= 4 is 5.69 Å². The number of phenolic OH excluding ortho intramolecular Hbond substituents is 1. The van der Waals surface area contributed by atoms with Crippen molar-refractivity contribution in [1.29, 1.82) is 0 Å². The fourth-order valence-electron chi connectivity index (χ4n) is 1.87. The highest BCUT2D eigenvalue weighted by atomic mass is 16.6. The number of fused-ring (bicyclic) bond motifs is 1. The minimum Gasteiger partial charge on any atom is -0.502 e. The molecule has 1 N–H and O–H groups in total. The predicted octanol–water partition coefficient (Wildman–Crippen LogP) is 1.29. The normalized spacial score (nSPS) is 16.1. The molecule has 1 heterocycles. The second-order valence-electron chi connectivity index (χ2n) is 3.85. The van der Waals surface area contributed by atoms with Gasteiger partial charge in [-0.25, -0.2) is 0 Å². The molecule has 1 aliphatic heterocycles. The average molecular weight is 208 g/mol. The highest BCUT2D eigenvalue weighted by molar-refractivity contribution is 5.51. The Bertz CT molecular complexity index is 417. The van der Waals surface area contributed by atoms with Crippen LogP contribution >= 0.6 is 0 Å². The van der Waals surface area contributed by atoms with Crippen LogP contribution in [0, 0.1) is 10.1 Å². The number of hydrogen-bond acceptors (Lipinski definition) is 4. The van der Waals surface area contributed by atoms with E-state index >= 15 is 0 Å². The first kappa shape index (κ1) is 9.92. The molecule has 0 saturated carbocycles. The third kappa shape index (κ3) is 1.78. The Morgan fingerprint density at radius 2 is 2.20 bits per heavy atom. The minimum absolute atomic E-state index is 0.205. The maximum absolute atomic E-state index is 10.6. The highest BCUT2D eigenvalue weighted by Gasteiger charge is 2.20. The number of nitrogens with zero attached hydrogens (tertiary/aromatic N) is 2. The van der Waals surface area contributed by atoms with Crippen molar-refractivity contribution in [3.05, 3.63) is 33.4 Å². The Balaban J connectivity index is 2.47. The summed E-state index contributed by atoms with van der Waals surface area (Å²) in [5.41, 5.74) is 1.74. The largest absolute Gasteiger partial charge is 0.502 e. The molecule has 0 spiro atoms. The molecule has 0 fully saturated rings. The van der Waals surface area contributed by atoms with E-state index < -0.39 is 4.92 Å². The Hall–Kier alpha value is -1.62. The van der Waals surface area contributed by atoms with Gasteiger partial charge in [0.1, 0.15) is 0 Å². The summed E-state index contributed by atoms with van der Waals surface area (Å²) < 4.78 is 0. The third-order valence-electron chi connectivity index (χ3n) is 2.70. The summed E-state index contributed by atoms with van der Waals surface area (Å²) in [7, 11) is 1.97. The van der Waals surface area contributed by atoms with Crippen LogP contribution in [0.3, 0.4) is 0 Å². The molecule has 2 rings (SSSR count). The van der Waals surface area contributed by atoms with Crippen LogP contribution in [0.15, 0.2) is 12.1 Å². The predicted molar refractivity (Wildman–Crippen MR) is 54.8 cm³/mol. The van der Waals surface area contributed by atoms with Gasteiger partial charge in [-0.15, -0.1) is 0 Å². The number of likely N-dealkylation sites (N-methyl/N-ethyl adjacent to an activating group) is 1. The molecule has 15 heavy (non-hydrogen) atoms. The van der Waals surface area contributed by atoms with Crippen LogP contribution in [0.4, 0.5) is 5.69 Å². The second-order valence-corrected chi connectivity index (χ2v) is 3.85. The number of hydrogen-bond donors (Lipinski definition) is 1. The van der Waals surface area contributed by atoms with Crippen molar-refractivity contribution in [2.75, 3.05) is 13.6 Å². The first-order valence-electron chi connectivity index (χ1n) is 4.75. The number of benzene rings is 1. The van der Waals surface area contributed by atoms with E-state index in [0.717, 1.165) is 24.1 Å². The Labute approximate surface area is 87.1 Å². The van der Waals surface area contributed by atoms with Crippen molar-refractivity contribution in [2.45, 2.75) is 13.0 Å². The Morgan fingerprint density at radius 3 is 2.87 bits per heavy atom. The summed E-state index contributed by atoms with van der Waals surface area (Å²) in [5, 5.41) is 20.1. The lowest BCUT2D eigenvalue weighted by Gasteiger charge is -2.24. The first-order chi connectivity index (χ1) is 7.08. The monoisotopic (exact) mass is 208 g/mol. The molecule has 1 aliphatic rings. The Kier molecular flexibility index (Phi) is 2.32. The van der Waals surface area contributed by atoms with Crippen molar-refractivity contribution in [2.24, 2.45) is 0 Å². The maximum atomic E-state index is 10.6. The van der Waals surface area contributed by atoms with Crippen LogP contribution in [-0.2, 0) is 13.0 Å². The molecule has 0 saturated heterocycles.